The SMILES string of the molecule is CCCc1cc(C(=O)Nc2nc(CC(=O)O)cs2)cs1. The highest BCUT2D eigenvalue weighted by molar-refractivity contribution is 7.14. The van der Waals surface area contributed by atoms with Crippen molar-refractivity contribution in [2.24, 2.45) is 0 Å². The standard InChI is InChI=1S/C13H14N2O3S2/c1-2-3-10-4-8(6-19-10)12(18)15-13-14-9(7-20-13)5-11(16)17/h4,6-7H,2-3,5H2,1H3,(H,16,17)(H,14,15,18). The Balaban J connectivity index is 1.99. The van der Waals surface area contributed by atoms with Crippen LogP contribution in [-0.4, -0.2) is 22.0 Å². The lowest BCUT2D eigenvalue weighted by molar-refractivity contribution is -0.136. The lowest BCUT2D eigenvalue weighted by atomic mass is 10.2. The number of aromatic nitrogens is 1. The highest BCUT2D eigenvalue weighted by Gasteiger charge is 2.12. The molecule has 0 spiro atoms. The van der Waals surface area contributed by atoms with Crippen molar-refractivity contribution < 1.29 is 14.7 Å². The molecule has 0 aliphatic carbocycles. The number of rotatable bonds is 6. The molecule has 0 radical (unpaired) electrons. The van der Waals surface area contributed by atoms with Crippen LogP contribution < -0.4 is 5.32 Å². The van der Waals surface area contributed by atoms with Gasteiger partial charge in [0.2, 0.25) is 0 Å². The molecule has 106 valence electrons. The van der Waals surface area contributed by atoms with Crippen molar-refractivity contribution in [2.45, 2.75) is 26.2 Å². The molecule has 0 aromatic carbocycles. The summed E-state index contributed by atoms with van der Waals surface area (Å²) < 4.78 is 0. The minimum Gasteiger partial charge on any atom is -0.481 e. The molecular formula is C13H14N2O3S2. The van der Waals surface area contributed by atoms with Crippen LogP contribution in [0.1, 0.15) is 34.3 Å². The largest absolute Gasteiger partial charge is 0.481 e. The normalized spacial score (nSPS) is 10.4. The Labute approximate surface area is 124 Å². The molecule has 2 aromatic rings. The van der Waals surface area contributed by atoms with Crippen LogP contribution in [0.4, 0.5) is 5.13 Å². The Hall–Kier alpha value is -1.73. The van der Waals surface area contributed by atoms with E-state index in [1.165, 1.54) is 16.2 Å². The molecule has 0 fully saturated rings. The second-order valence-electron chi connectivity index (χ2n) is 4.22. The molecule has 0 aliphatic heterocycles. The van der Waals surface area contributed by atoms with Crippen molar-refractivity contribution >= 4 is 39.7 Å². The average Bonchev–Trinajstić information content (AvgIpc) is 2.99. The number of carboxylic acid groups (broad SMARTS) is 1. The van der Waals surface area contributed by atoms with Crippen LogP contribution in [0.15, 0.2) is 16.8 Å². The van der Waals surface area contributed by atoms with Crippen molar-refractivity contribution in [3.05, 3.63) is 33.0 Å². The van der Waals surface area contributed by atoms with Crippen LogP contribution in [0, 0.1) is 0 Å². The van der Waals surface area contributed by atoms with Gasteiger partial charge in [-0.05, 0) is 12.5 Å². The molecule has 2 N–H and O–H groups in total. The Bertz CT molecular complexity index is 619. The number of anilines is 1. The van der Waals surface area contributed by atoms with Crippen LogP contribution in [0.3, 0.4) is 0 Å². The molecule has 0 aliphatic rings. The predicted octanol–water partition coefficient (Wildman–Crippen LogP) is 3.04. The van der Waals surface area contributed by atoms with Crippen LogP contribution in [0.5, 0.6) is 0 Å². The number of thiophene rings is 1. The van der Waals surface area contributed by atoms with Gasteiger partial charge < -0.3 is 5.11 Å². The van der Waals surface area contributed by atoms with Gasteiger partial charge in [-0.1, -0.05) is 13.3 Å². The fourth-order valence-electron chi connectivity index (χ4n) is 1.65. The number of carbonyl (C=O) groups excluding carboxylic acids is 1. The van der Waals surface area contributed by atoms with Gasteiger partial charge in [0.1, 0.15) is 0 Å². The van der Waals surface area contributed by atoms with Crippen LogP contribution >= 0.6 is 22.7 Å². The quantitative estimate of drug-likeness (QED) is 0.859. The molecule has 0 atom stereocenters. The van der Waals surface area contributed by atoms with Gasteiger partial charge in [0.15, 0.2) is 5.13 Å². The maximum absolute atomic E-state index is 12.0. The van der Waals surface area contributed by atoms with E-state index in [2.05, 4.69) is 17.2 Å². The van der Waals surface area contributed by atoms with Gasteiger partial charge in [-0.15, -0.1) is 22.7 Å². The lowest BCUT2D eigenvalue weighted by Crippen LogP contribution is -2.11. The first-order valence-electron chi connectivity index (χ1n) is 6.13. The number of hydrogen-bond donors (Lipinski definition) is 2. The van der Waals surface area contributed by atoms with E-state index in [1.807, 2.05) is 11.4 Å². The zero-order valence-electron chi connectivity index (χ0n) is 10.9. The average molecular weight is 310 g/mol. The van der Waals surface area contributed by atoms with E-state index >= 15 is 0 Å². The molecule has 5 nitrogen and oxygen atoms in total. The third kappa shape index (κ3) is 3.88. The first kappa shape index (κ1) is 14.7. The van der Waals surface area contributed by atoms with Gasteiger partial charge in [0.25, 0.3) is 5.91 Å². The Morgan fingerprint density at radius 2 is 2.15 bits per heavy atom. The van der Waals surface area contributed by atoms with E-state index in [0.29, 0.717) is 16.4 Å². The molecule has 0 unspecified atom stereocenters. The van der Waals surface area contributed by atoms with Gasteiger partial charge in [0.05, 0.1) is 17.7 Å². The third-order valence-electron chi connectivity index (χ3n) is 2.52. The highest BCUT2D eigenvalue weighted by Crippen LogP contribution is 2.20. The second kappa shape index (κ2) is 6.62. The monoisotopic (exact) mass is 310 g/mol. The first-order chi connectivity index (χ1) is 9.58. The summed E-state index contributed by atoms with van der Waals surface area (Å²) in [6.07, 6.45) is 1.88. The van der Waals surface area contributed by atoms with E-state index in [-0.39, 0.29) is 12.3 Å². The molecule has 2 rings (SSSR count). The summed E-state index contributed by atoms with van der Waals surface area (Å²) in [5.74, 6) is -1.14. The van der Waals surface area contributed by atoms with Gasteiger partial charge >= 0.3 is 5.97 Å². The molecule has 2 heterocycles. The maximum Gasteiger partial charge on any atom is 0.309 e. The van der Waals surface area contributed by atoms with Crippen molar-refractivity contribution in [1.82, 2.24) is 4.98 Å². The number of nitrogens with zero attached hydrogens (tertiary/aromatic N) is 1. The summed E-state index contributed by atoms with van der Waals surface area (Å²) in [5.41, 5.74) is 1.07. The van der Waals surface area contributed by atoms with Crippen LogP contribution in [0.25, 0.3) is 0 Å². The van der Waals surface area contributed by atoms with Crippen molar-refractivity contribution in [2.75, 3.05) is 5.32 Å². The third-order valence-corrected chi connectivity index (χ3v) is 4.32. The predicted molar refractivity (Wildman–Crippen MR) is 79.7 cm³/mol. The fourth-order valence-corrected chi connectivity index (χ4v) is 3.32. The number of carbonyl (C=O) groups is 2. The van der Waals surface area contributed by atoms with E-state index in [9.17, 15) is 9.59 Å². The van der Waals surface area contributed by atoms with Gasteiger partial charge in [-0.25, -0.2) is 4.98 Å². The summed E-state index contributed by atoms with van der Waals surface area (Å²) in [7, 11) is 0. The maximum atomic E-state index is 12.0. The molecule has 0 saturated heterocycles. The summed E-state index contributed by atoms with van der Waals surface area (Å²) in [4.78, 5) is 27.8. The minimum atomic E-state index is -0.935. The first-order valence-corrected chi connectivity index (χ1v) is 7.89. The van der Waals surface area contributed by atoms with Crippen LogP contribution in [-0.2, 0) is 17.6 Å². The Kier molecular flexibility index (Phi) is 4.86. The fraction of sp³-hybridized carbons (Fsp3) is 0.308. The number of nitrogens with one attached hydrogen (secondary N) is 1. The van der Waals surface area contributed by atoms with Gasteiger partial charge in [-0.2, -0.15) is 0 Å². The smallest absolute Gasteiger partial charge is 0.309 e. The van der Waals surface area contributed by atoms with Crippen molar-refractivity contribution in [3.8, 4) is 0 Å². The van der Waals surface area contributed by atoms with E-state index in [1.54, 1.807) is 16.7 Å². The molecule has 20 heavy (non-hydrogen) atoms. The lowest BCUT2D eigenvalue weighted by Gasteiger charge is -1.98. The van der Waals surface area contributed by atoms with Gasteiger partial charge in [-0.3, -0.25) is 14.9 Å². The zero-order chi connectivity index (χ0) is 14.5. The second-order valence-corrected chi connectivity index (χ2v) is 6.07. The molecule has 0 saturated carbocycles. The zero-order valence-corrected chi connectivity index (χ0v) is 12.5. The number of amides is 1. The summed E-state index contributed by atoms with van der Waals surface area (Å²) >= 11 is 2.80. The molecule has 0 bridgehead atoms. The molecule has 2 aromatic heterocycles. The molecule has 1 amide bonds. The number of aliphatic carboxylic acids is 1. The van der Waals surface area contributed by atoms with Crippen molar-refractivity contribution in [3.63, 3.8) is 0 Å². The van der Waals surface area contributed by atoms with E-state index in [0.717, 1.165) is 12.8 Å². The summed E-state index contributed by atoms with van der Waals surface area (Å²) in [5, 5.41) is 15.2. The topological polar surface area (TPSA) is 79.3 Å². The van der Waals surface area contributed by atoms with E-state index < -0.39 is 5.97 Å². The van der Waals surface area contributed by atoms with Crippen molar-refractivity contribution in [1.29, 1.82) is 0 Å². The Morgan fingerprint density at radius 3 is 2.85 bits per heavy atom. The Morgan fingerprint density at radius 1 is 1.35 bits per heavy atom. The van der Waals surface area contributed by atoms with E-state index in [4.69, 9.17) is 5.11 Å². The molecule has 7 heteroatoms. The van der Waals surface area contributed by atoms with Crippen LogP contribution in [0.2, 0.25) is 0 Å². The van der Waals surface area contributed by atoms with Gasteiger partial charge in [0, 0.05) is 15.6 Å². The summed E-state index contributed by atoms with van der Waals surface area (Å²) in [6.45, 7) is 2.10. The number of thiazole rings is 1. The number of hydrogen-bond acceptors (Lipinski definition) is 5. The highest BCUT2D eigenvalue weighted by atomic mass is 32.1. The number of carboxylic acids is 1. The summed E-state index contributed by atoms with van der Waals surface area (Å²) in [6, 6.07) is 1.88. The minimum absolute atomic E-state index is 0.133. The molecular weight excluding hydrogens is 296 g/mol. The number of aryl methyl sites for hydroxylation is 1.